The number of aromatic nitrogens is 1. The topological polar surface area (TPSA) is 78.2 Å². The Morgan fingerprint density at radius 1 is 1.18 bits per heavy atom. The van der Waals surface area contributed by atoms with E-state index in [-0.39, 0.29) is 17.7 Å². The first-order valence-electron chi connectivity index (χ1n) is 9.61. The summed E-state index contributed by atoms with van der Waals surface area (Å²) in [6.45, 7) is 4.93. The lowest BCUT2D eigenvalue weighted by molar-refractivity contribution is -0.131. The van der Waals surface area contributed by atoms with Crippen molar-refractivity contribution < 1.29 is 9.59 Å². The number of hydrogen-bond acceptors (Lipinski definition) is 5. The lowest BCUT2D eigenvalue weighted by Gasteiger charge is -2.36. The maximum Gasteiger partial charge on any atom is 0.260 e. The van der Waals surface area contributed by atoms with E-state index in [1.54, 1.807) is 12.3 Å². The Morgan fingerprint density at radius 3 is 2.79 bits per heavy atom. The van der Waals surface area contributed by atoms with Gasteiger partial charge in [0.05, 0.1) is 5.71 Å². The molecule has 0 saturated carbocycles. The quantitative estimate of drug-likeness (QED) is 0.803. The van der Waals surface area contributed by atoms with Crippen molar-refractivity contribution in [3.05, 3.63) is 48.2 Å². The van der Waals surface area contributed by atoms with Gasteiger partial charge in [0, 0.05) is 45.2 Å². The molecule has 0 bridgehead atoms. The maximum atomic E-state index is 12.6. The number of fused-ring (bicyclic) bond motifs is 1. The first-order chi connectivity index (χ1) is 13.6. The van der Waals surface area contributed by atoms with Gasteiger partial charge in [-0.25, -0.2) is 9.98 Å². The fourth-order valence-electron chi connectivity index (χ4n) is 3.68. The Hall–Kier alpha value is -3.09. The fourth-order valence-corrected chi connectivity index (χ4v) is 3.68. The first kappa shape index (κ1) is 18.3. The number of piperazine rings is 1. The van der Waals surface area contributed by atoms with Gasteiger partial charge < -0.3 is 9.80 Å². The molecule has 1 aromatic rings. The van der Waals surface area contributed by atoms with E-state index < -0.39 is 0 Å². The molecule has 144 valence electrons. The molecule has 28 heavy (non-hydrogen) atoms. The van der Waals surface area contributed by atoms with Crippen LogP contribution in [0.4, 0.5) is 5.82 Å². The molecule has 1 fully saturated rings. The summed E-state index contributed by atoms with van der Waals surface area (Å²) in [5.41, 5.74) is 1.86. The molecule has 1 atom stereocenters. The SMILES string of the molecule is Cc1cccnc1N1CCN(C(=O)CCC2=NC(=O)C3C=CC=CC3=N2)CC1. The summed E-state index contributed by atoms with van der Waals surface area (Å²) in [4.78, 5) is 41.8. The van der Waals surface area contributed by atoms with Gasteiger partial charge in [0.1, 0.15) is 17.6 Å². The van der Waals surface area contributed by atoms with Crippen molar-refractivity contribution in [3.8, 4) is 0 Å². The molecule has 2 aliphatic heterocycles. The summed E-state index contributed by atoms with van der Waals surface area (Å²) < 4.78 is 0. The molecule has 1 aliphatic carbocycles. The molecule has 0 spiro atoms. The van der Waals surface area contributed by atoms with Gasteiger partial charge in [-0.15, -0.1) is 0 Å². The number of rotatable bonds is 4. The van der Waals surface area contributed by atoms with Crippen LogP contribution >= 0.6 is 0 Å². The summed E-state index contributed by atoms with van der Waals surface area (Å²) in [6, 6.07) is 3.98. The van der Waals surface area contributed by atoms with Gasteiger partial charge in [-0.1, -0.05) is 24.3 Å². The molecular formula is C21H23N5O2. The van der Waals surface area contributed by atoms with Crippen molar-refractivity contribution in [1.29, 1.82) is 0 Å². The van der Waals surface area contributed by atoms with Gasteiger partial charge in [0.25, 0.3) is 5.91 Å². The highest BCUT2D eigenvalue weighted by atomic mass is 16.2. The minimum absolute atomic E-state index is 0.0777. The first-order valence-corrected chi connectivity index (χ1v) is 9.61. The normalized spacial score (nSPS) is 21.3. The predicted molar refractivity (Wildman–Crippen MR) is 109 cm³/mol. The number of anilines is 1. The predicted octanol–water partition coefficient (Wildman–Crippen LogP) is 1.94. The maximum absolute atomic E-state index is 12.6. The largest absolute Gasteiger partial charge is 0.353 e. The van der Waals surface area contributed by atoms with Gasteiger partial charge in [-0.05, 0) is 24.6 Å². The third kappa shape index (κ3) is 3.78. The van der Waals surface area contributed by atoms with E-state index in [9.17, 15) is 9.59 Å². The van der Waals surface area contributed by atoms with Gasteiger partial charge in [-0.2, -0.15) is 4.99 Å². The zero-order valence-corrected chi connectivity index (χ0v) is 15.9. The van der Waals surface area contributed by atoms with E-state index >= 15 is 0 Å². The summed E-state index contributed by atoms with van der Waals surface area (Å²) in [5.74, 6) is 0.950. The monoisotopic (exact) mass is 377 g/mol. The van der Waals surface area contributed by atoms with Crippen LogP contribution in [-0.4, -0.2) is 59.4 Å². The van der Waals surface area contributed by atoms with Crippen LogP contribution in [0.1, 0.15) is 18.4 Å². The van der Waals surface area contributed by atoms with Crippen molar-refractivity contribution in [3.63, 3.8) is 0 Å². The number of nitrogens with zero attached hydrogens (tertiary/aromatic N) is 5. The average molecular weight is 377 g/mol. The van der Waals surface area contributed by atoms with Crippen LogP contribution in [0.25, 0.3) is 0 Å². The van der Waals surface area contributed by atoms with Crippen LogP contribution in [0.3, 0.4) is 0 Å². The molecule has 1 aromatic heterocycles. The van der Waals surface area contributed by atoms with E-state index in [0.717, 1.165) is 24.5 Å². The number of pyridine rings is 1. The smallest absolute Gasteiger partial charge is 0.260 e. The van der Waals surface area contributed by atoms with Crippen LogP contribution in [-0.2, 0) is 9.59 Å². The Kier molecular flexibility index (Phi) is 5.14. The minimum Gasteiger partial charge on any atom is -0.353 e. The zero-order valence-electron chi connectivity index (χ0n) is 15.9. The molecule has 1 unspecified atom stereocenters. The Balaban J connectivity index is 1.30. The molecule has 3 aliphatic rings. The van der Waals surface area contributed by atoms with E-state index in [0.29, 0.717) is 37.5 Å². The molecule has 7 heteroatoms. The van der Waals surface area contributed by atoms with E-state index in [4.69, 9.17) is 0 Å². The fraction of sp³-hybridized carbons (Fsp3) is 0.381. The molecule has 2 amide bonds. The molecule has 0 aromatic carbocycles. The third-order valence-corrected chi connectivity index (χ3v) is 5.24. The molecule has 3 heterocycles. The lowest BCUT2D eigenvalue weighted by Crippen LogP contribution is -2.49. The van der Waals surface area contributed by atoms with Crippen LogP contribution in [0.15, 0.2) is 52.6 Å². The van der Waals surface area contributed by atoms with Crippen LogP contribution in [0.2, 0.25) is 0 Å². The second-order valence-corrected chi connectivity index (χ2v) is 7.14. The standard InChI is InChI=1S/C21H23N5O2/c1-15-5-4-10-22-20(15)26-13-11-25(12-14-26)19(27)9-8-18-23-17-7-3-2-6-16(17)21(28)24-18/h2-7,10,16H,8-9,11-14H2,1H3. The van der Waals surface area contributed by atoms with E-state index in [1.165, 1.54) is 0 Å². The minimum atomic E-state index is -0.368. The Bertz CT molecular complexity index is 907. The van der Waals surface area contributed by atoms with Crippen molar-refractivity contribution in [2.75, 3.05) is 31.1 Å². The molecule has 0 radical (unpaired) electrons. The number of allylic oxidation sites excluding steroid dienone is 3. The van der Waals surface area contributed by atoms with Crippen molar-refractivity contribution in [2.45, 2.75) is 19.8 Å². The molecule has 4 rings (SSSR count). The average Bonchev–Trinajstić information content (AvgIpc) is 2.73. The molecular weight excluding hydrogens is 354 g/mol. The Labute approximate surface area is 164 Å². The van der Waals surface area contributed by atoms with Crippen molar-refractivity contribution in [2.24, 2.45) is 15.9 Å². The van der Waals surface area contributed by atoms with Gasteiger partial charge in [-0.3, -0.25) is 9.59 Å². The summed E-state index contributed by atoms with van der Waals surface area (Å²) >= 11 is 0. The zero-order chi connectivity index (χ0) is 19.5. The van der Waals surface area contributed by atoms with Gasteiger partial charge >= 0.3 is 0 Å². The summed E-state index contributed by atoms with van der Waals surface area (Å²) in [5, 5.41) is 0. The van der Waals surface area contributed by atoms with Gasteiger partial charge in [0.15, 0.2) is 0 Å². The lowest BCUT2D eigenvalue weighted by atomic mass is 9.96. The molecule has 7 nitrogen and oxygen atoms in total. The second kappa shape index (κ2) is 7.88. The van der Waals surface area contributed by atoms with E-state index in [1.807, 2.05) is 29.2 Å². The number of aryl methyl sites for hydroxylation is 1. The second-order valence-electron chi connectivity index (χ2n) is 7.14. The highest BCUT2D eigenvalue weighted by molar-refractivity contribution is 6.21. The summed E-state index contributed by atoms with van der Waals surface area (Å²) in [6.07, 6.45) is 9.83. The molecule has 0 N–H and O–H groups in total. The highest BCUT2D eigenvalue weighted by Gasteiger charge is 2.27. The number of aliphatic imine (C=N–C) groups is 2. The number of hydrogen-bond donors (Lipinski definition) is 0. The van der Waals surface area contributed by atoms with Crippen LogP contribution < -0.4 is 4.90 Å². The molecule has 1 saturated heterocycles. The van der Waals surface area contributed by atoms with Crippen molar-refractivity contribution in [1.82, 2.24) is 9.88 Å². The van der Waals surface area contributed by atoms with Crippen LogP contribution in [0.5, 0.6) is 0 Å². The Morgan fingerprint density at radius 2 is 2.00 bits per heavy atom. The van der Waals surface area contributed by atoms with Gasteiger partial charge in [0.2, 0.25) is 5.91 Å². The number of carbonyl (C=O) groups excluding carboxylic acids is 2. The third-order valence-electron chi connectivity index (χ3n) is 5.24. The number of amides is 2. The highest BCUT2D eigenvalue weighted by Crippen LogP contribution is 2.20. The van der Waals surface area contributed by atoms with Crippen LogP contribution in [0, 0.1) is 12.8 Å². The number of carbonyl (C=O) groups is 2. The van der Waals surface area contributed by atoms with E-state index in [2.05, 4.69) is 32.9 Å². The van der Waals surface area contributed by atoms with Crippen molar-refractivity contribution >= 4 is 29.2 Å². The summed E-state index contributed by atoms with van der Waals surface area (Å²) in [7, 11) is 0. The number of amidine groups is 1.